The van der Waals surface area contributed by atoms with Crippen LogP contribution < -0.4 is 5.31 Å². The number of halogens is 2. The maximum absolute atomic E-state index is 15.1. The average molecular weight is 385 g/mol. The second-order valence-electron chi connectivity index (χ2n) is 6.05. The molecule has 140 valence electrons. The Morgan fingerprint density at radius 3 is 2.65 bits per heavy atom. The monoisotopic (exact) mass is 384 g/mol. The molecule has 0 heterocycles. The highest BCUT2D eigenvalue weighted by Gasteiger charge is 2.20. The highest BCUT2D eigenvalue weighted by Crippen LogP contribution is 2.36. The zero-order valence-corrected chi connectivity index (χ0v) is 16.3. The normalized spacial score (nSPS) is 15.8. The van der Waals surface area contributed by atoms with Gasteiger partial charge in [-0.15, -0.1) is 0 Å². The molecule has 5 heteroatoms. The summed E-state index contributed by atoms with van der Waals surface area (Å²) in [5.74, 6) is -3.89. The molecule has 0 aliphatic heterocycles. The predicted molar refractivity (Wildman–Crippen MR) is 105 cm³/mol. The molecule has 0 aromatic heterocycles. The summed E-state index contributed by atoms with van der Waals surface area (Å²) in [6, 6.07) is -1.70. The molecule has 2 aromatic carbocycles. The lowest BCUT2D eigenvalue weighted by molar-refractivity contribution is -0.139. The zero-order valence-electron chi connectivity index (χ0n) is 22.5. The maximum atomic E-state index is 15.1. The van der Waals surface area contributed by atoms with Crippen LogP contribution in [0.4, 0.5) is 15.8 Å². The maximum Gasteiger partial charge on any atom is 0.310 e. The van der Waals surface area contributed by atoms with E-state index >= 15 is 4.39 Å². The molecule has 0 amide bonds. The molecule has 26 heavy (non-hydrogen) atoms. The lowest BCUT2D eigenvalue weighted by Gasteiger charge is -2.22. The minimum Gasteiger partial charge on any atom is -0.469 e. The number of rotatable bonds is 5. The van der Waals surface area contributed by atoms with Gasteiger partial charge in [-0.1, -0.05) is 31.5 Å². The van der Waals surface area contributed by atoms with Crippen molar-refractivity contribution in [2.75, 3.05) is 12.4 Å². The van der Waals surface area contributed by atoms with E-state index in [-0.39, 0.29) is 27.3 Å². The van der Waals surface area contributed by atoms with Crippen LogP contribution in [0.3, 0.4) is 0 Å². The fourth-order valence-corrected chi connectivity index (χ4v) is 2.95. The highest BCUT2D eigenvalue weighted by molar-refractivity contribution is 6.34. The van der Waals surface area contributed by atoms with Crippen molar-refractivity contribution in [2.24, 2.45) is 0 Å². The lowest BCUT2D eigenvalue weighted by atomic mass is 9.88. The van der Waals surface area contributed by atoms with E-state index in [0.29, 0.717) is 5.31 Å². The van der Waals surface area contributed by atoms with Gasteiger partial charge in [-0.25, -0.2) is 4.39 Å². The summed E-state index contributed by atoms with van der Waals surface area (Å²) in [4.78, 5) is 12.4. The molecule has 0 spiro atoms. The number of esters is 1. The van der Waals surface area contributed by atoms with Crippen LogP contribution in [-0.2, 0) is 15.9 Å². The van der Waals surface area contributed by atoms with E-state index in [1.807, 2.05) is 0 Å². The molecule has 0 radical (unpaired) electrons. The largest absolute Gasteiger partial charge is 0.469 e. The van der Waals surface area contributed by atoms with E-state index < -0.39 is 59.1 Å². The molecule has 0 atom stereocenters. The lowest BCUT2D eigenvalue weighted by Crippen LogP contribution is -2.12. The van der Waals surface area contributed by atoms with E-state index in [0.717, 1.165) is 7.11 Å². The Balaban J connectivity index is 3.12. The Kier molecular flexibility index (Phi) is 3.84. The van der Waals surface area contributed by atoms with Gasteiger partial charge in [0.25, 0.3) is 0 Å². The predicted octanol–water partition coefficient (Wildman–Crippen LogP) is 5.99. The van der Waals surface area contributed by atoms with Crippen molar-refractivity contribution in [3.05, 3.63) is 56.8 Å². The second kappa shape index (κ2) is 8.09. The minimum atomic E-state index is -2.87. The van der Waals surface area contributed by atoms with Crippen LogP contribution >= 0.6 is 11.6 Å². The third-order valence-electron chi connectivity index (χ3n) is 3.91. The van der Waals surface area contributed by atoms with Crippen LogP contribution in [0.5, 0.6) is 0 Å². The Hall–Kier alpha value is -2.07. The van der Waals surface area contributed by atoms with Crippen molar-refractivity contribution >= 4 is 28.9 Å². The van der Waals surface area contributed by atoms with Crippen molar-refractivity contribution in [2.45, 2.75) is 46.9 Å². The van der Waals surface area contributed by atoms with Crippen LogP contribution in [0.2, 0.25) is 6.43 Å². The van der Waals surface area contributed by atoms with Gasteiger partial charge in [0.2, 0.25) is 0 Å². The molecule has 0 saturated heterocycles. The van der Waals surface area contributed by atoms with Gasteiger partial charge >= 0.3 is 5.97 Å². The summed E-state index contributed by atoms with van der Waals surface area (Å²) >= 11 is 6.23. The number of anilines is 2. The Labute approximate surface area is 169 Å². The number of ether oxygens (including phenoxy) is 1. The van der Waals surface area contributed by atoms with Crippen LogP contribution in [0.15, 0.2) is 18.1 Å². The average Bonchev–Trinajstić information content (AvgIpc) is 2.71. The number of hydrogen-bond acceptors (Lipinski definition) is 3. The number of methoxy groups -OCH3 is 1. The summed E-state index contributed by atoms with van der Waals surface area (Å²) in [5.41, 5.74) is -0.907. The first-order valence-corrected chi connectivity index (χ1v) is 8.27. The molecule has 0 bridgehead atoms. The van der Waals surface area contributed by atoms with E-state index in [1.165, 1.54) is 34.6 Å². The number of hydrogen-bond donors (Lipinski definition) is 1. The highest BCUT2D eigenvalue weighted by atomic mass is 35.5. The molecule has 0 fully saturated rings. The molecule has 3 nitrogen and oxygen atoms in total. The molecule has 2 aromatic rings. The fourth-order valence-electron chi connectivity index (χ4n) is 2.77. The standard InChI is InChI=1S/C21H25ClFNO2/c1-11(2)19-13(4)9-17(15(14(19)5)10-18(25)26-6)24-21-16(23)8-7-12(3)20(21)22/h7-9,11,24H,10H2,1-6H3/i7D,8D,9D,10D2,11D/hD. The third kappa shape index (κ3) is 4.01. The summed E-state index contributed by atoms with van der Waals surface area (Å²) < 4.78 is 78.1. The number of benzene rings is 2. The van der Waals surface area contributed by atoms with Crippen molar-refractivity contribution in [3.8, 4) is 0 Å². The van der Waals surface area contributed by atoms with E-state index in [2.05, 4.69) is 4.74 Å². The van der Waals surface area contributed by atoms with Gasteiger partial charge in [0.15, 0.2) is 1.41 Å². The van der Waals surface area contributed by atoms with Crippen LogP contribution in [-0.4, -0.2) is 13.1 Å². The fraction of sp³-hybridized carbons (Fsp3) is 0.381. The first-order valence-electron chi connectivity index (χ1n) is 11.3. The van der Waals surface area contributed by atoms with Crippen LogP contribution in [0, 0.1) is 26.6 Å². The third-order valence-corrected chi connectivity index (χ3v) is 4.37. The van der Waals surface area contributed by atoms with Crippen molar-refractivity contribution in [1.29, 1.82) is 0 Å². The van der Waals surface area contributed by atoms with Gasteiger partial charge < -0.3 is 10.0 Å². The van der Waals surface area contributed by atoms with E-state index in [9.17, 15) is 4.79 Å². The zero-order chi connectivity index (χ0) is 25.8. The molecule has 0 unspecified atom stereocenters. The summed E-state index contributed by atoms with van der Waals surface area (Å²) in [5, 5.41) is 0.0223. The Bertz CT molecular complexity index is 1120. The van der Waals surface area contributed by atoms with Crippen molar-refractivity contribution < 1.29 is 23.6 Å². The first-order chi connectivity index (χ1) is 14.9. The van der Waals surface area contributed by atoms with Crippen molar-refractivity contribution in [1.82, 2.24) is 0 Å². The molecule has 0 saturated carbocycles. The number of carbonyl (C=O) groups excluding carboxylic acids is 1. The van der Waals surface area contributed by atoms with Crippen molar-refractivity contribution in [3.63, 3.8) is 0 Å². The quantitative estimate of drug-likeness (QED) is 0.643. The summed E-state index contributed by atoms with van der Waals surface area (Å²) in [6.45, 7) is 7.42. The van der Waals surface area contributed by atoms with Gasteiger partial charge in [0.05, 0.1) is 28.3 Å². The Morgan fingerprint density at radius 1 is 1.42 bits per heavy atom. The molecule has 0 aliphatic carbocycles. The topological polar surface area (TPSA) is 38.3 Å². The smallest absolute Gasteiger partial charge is 0.310 e. The van der Waals surface area contributed by atoms with E-state index in [1.54, 1.807) is 0 Å². The summed E-state index contributed by atoms with van der Waals surface area (Å²) in [7, 11) is 0.984. The molecule has 0 aliphatic rings. The Morgan fingerprint density at radius 2 is 2.08 bits per heavy atom. The molecular formula is C21H25ClFNO2. The second-order valence-corrected chi connectivity index (χ2v) is 6.43. The van der Waals surface area contributed by atoms with Crippen LogP contribution in [0.1, 0.15) is 55.8 Å². The van der Waals surface area contributed by atoms with E-state index in [4.69, 9.17) is 21.2 Å². The molecule has 1 N–H and O–H groups in total. The van der Waals surface area contributed by atoms with Gasteiger partial charge in [-0.2, -0.15) is 0 Å². The minimum absolute atomic E-state index is 0.0248. The van der Waals surface area contributed by atoms with Gasteiger partial charge in [-0.05, 0) is 66.6 Å². The number of carbonyl (C=O) groups is 1. The van der Waals surface area contributed by atoms with Gasteiger partial charge in [0, 0.05) is 9.80 Å². The molecular weight excluding hydrogens is 353 g/mol. The molecule has 2 rings (SSSR count). The number of nitrogens with one attached hydrogen (secondary N) is 1. The summed E-state index contributed by atoms with van der Waals surface area (Å²) in [6.07, 6.45) is -2.87. The van der Waals surface area contributed by atoms with Crippen LogP contribution in [0.25, 0.3) is 0 Å². The first kappa shape index (κ1) is 12.3. The van der Waals surface area contributed by atoms with Gasteiger partial charge in [-0.3, -0.25) is 4.79 Å². The van der Waals surface area contributed by atoms with Gasteiger partial charge in [0.1, 0.15) is 5.82 Å². The SMILES string of the molecule is [2H]c1c([2H])c(F)c(N([2H])c2c([2H])c(C)c(C([2H])(C)C)c(C)c2C([2H])([2H])C(=O)OC)c(Cl)c1C.